The lowest BCUT2D eigenvalue weighted by molar-refractivity contribution is -0.135. The average molecular weight is 385 g/mol. The molecule has 142 valence electrons. The fraction of sp³-hybridized carbons (Fsp3) is 0.364. The van der Waals surface area contributed by atoms with Gasteiger partial charge in [-0.05, 0) is 35.7 Å². The molecule has 4 nitrogen and oxygen atoms in total. The van der Waals surface area contributed by atoms with Gasteiger partial charge in [0.25, 0.3) is 5.91 Å². The molecule has 1 aliphatic rings. The second-order valence-corrected chi connectivity index (χ2v) is 7.69. The van der Waals surface area contributed by atoms with Crippen molar-refractivity contribution in [2.45, 2.75) is 19.8 Å². The van der Waals surface area contributed by atoms with E-state index in [0.29, 0.717) is 36.8 Å². The summed E-state index contributed by atoms with van der Waals surface area (Å²) in [5, 5.41) is 0.668. The van der Waals surface area contributed by atoms with Gasteiger partial charge >= 0.3 is 0 Å². The number of amides is 2. The zero-order valence-corrected chi connectivity index (χ0v) is 16.5. The smallest absolute Gasteiger partial charge is 0.253 e. The summed E-state index contributed by atoms with van der Waals surface area (Å²) in [5.74, 6) is 0.140. The Morgan fingerprint density at radius 1 is 0.852 bits per heavy atom. The lowest BCUT2D eigenvalue weighted by atomic mass is 9.87. The van der Waals surface area contributed by atoms with Gasteiger partial charge in [-0.1, -0.05) is 55.8 Å². The molecule has 0 N–H and O–H groups in total. The van der Waals surface area contributed by atoms with E-state index in [1.54, 1.807) is 0 Å². The number of halogens is 1. The Morgan fingerprint density at radius 3 is 1.96 bits per heavy atom. The summed E-state index contributed by atoms with van der Waals surface area (Å²) in [6, 6.07) is 16.8. The summed E-state index contributed by atoms with van der Waals surface area (Å²) in [6.45, 7) is 6.37. The van der Waals surface area contributed by atoms with E-state index >= 15 is 0 Å². The van der Waals surface area contributed by atoms with Crippen molar-refractivity contribution in [2.24, 2.45) is 5.92 Å². The van der Waals surface area contributed by atoms with Gasteiger partial charge < -0.3 is 9.80 Å². The van der Waals surface area contributed by atoms with Crippen LogP contribution in [0.15, 0.2) is 54.6 Å². The molecular formula is C22H25ClN2O2. The van der Waals surface area contributed by atoms with Crippen molar-refractivity contribution in [2.75, 3.05) is 26.2 Å². The van der Waals surface area contributed by atoms with Crippen LogP contribution < -0.4 is 0 Å². The second-order valence-electron chi connectivity index (χ2n) is 7.26. The van der Waals surface area contributed by atoms with Crippen molar-refractivity contribution in [3.8, 4) is 0 Å². The van der Waals surface area contributed by atoms with E-state index in [4.69, 9.17) is 11.6 Å². The SMILES string of the molecule is CC(C)[C@@H](C(=O)N1CCN(C(=O)c2ccccc2)CC1)c1ccc(Cl)cc1. The molecule has 0 unspecified atom stereocenters. The first-order chi connectivity index (χ1) is 13.0. The van der Waals surface area contributed by atoms with Crippen LogP contribution in [0, 0.1) is 5.92 Å². The van der Waals surface area contributed by atoms with Crippen LogP contribution in [0.5, 0.6) is 0 Å². The fourth-order valence-electron chi connectivity index (χ4n) is 3.57. The number of piperazine rings is 1. The Labute approximate surface area is 165 Å². The van der Waals surface area contributed by atoms with Gasteiger partial charge in [-0.2, -0.15) is 0 Å². The highest BCUT2D eigenvalue weighted by atomic mass is 35.5. The molecule has 2 amide bonds. The van der Waals surface area contributed by atoms with Gasteiger partial charge in [-0.25, -0.2) is 0 Å². The maximum atomic E-state index is 13.2. The molecule has 1 fully saturated rings. The Kier molecular flexibility index (Phi) is 6.17. The monoisotopic (exact) mass is 384 g/mol. The Bertz CT molecular complexity index is 782. The van der Waals surface area contributed by atoms with E-state index in [1.165, 1.54) is 0 Å². The fourth-order valence-corrected chi connectivity index (χ4v) is 3.70. The summed E-state index contributed by atoms with van der Waals surface area (Å²) >= 11 is 5.99. The van der Waals surface area contributed by atoms with Gasteiger partial charge in [-0.15, -0.1) is 0 Å². The van der Waals surface area contributed by atoms with E-state index in [2.05, 4.69) is 13.8 Å². The van der Waals surface area contributed by atoms with Crippen LogP contribution in [-0.4, -0.2) is 47.8 Å². The van der Waals surface area contributed by atoms with E-state index in [9.17, 15) is 9.59 Å². The maximum absolute atomic E-state index is 13.2. The third-order valence-corrected chi connectivity index (χ3v) is 5.31. The van der Waals surface area contributed by atoms with Crippen LogP contribution in [0.4, 0.5) is 0 Å². The van der Waals surface area contributed by atoms with Gasteiger partial charge in [0.2, 0.25) is 5.91 Å². The number of benzene rings is 2. The predicted molar refractivity (Wildman–Crippen MR) is 108 cm³/mol. The molecule has 3 rings (SSSR count). The lowest BCUT2D eigenvalue weighted by Crippen LogP contribution is -2.52. The molecule has 1 saturated heterocycles. The Morgan fingerprint density at radius 2 is 1.41 bits per heavy atom. The summed E-state index contributed by atoms with van der Waals surface area (Å²) in [7, 11) is 0. The van der Waals surface area contributed by atoms with Gasteiger partial charge in [-0.3, -0.25) is 9.59 Å². The molecule has 2 aromatic carbocycles. The molecule has 0 aromatic heterocycles. The highest BCUT2D eigenvalue weighted by molar-refractivity contribution is 6.30. The third-order valence-electron chi connectivity index (χ3n) is 5.06. The standard InChI is InChI=1S/C22H25ClN2O2/c1-16(2)20(17-8-10-19(23)11-9-17)22(27)25-14-12-24(13-15-25)21(26)18-6-4-3-5-7-18/h3-11,16,20H,12-15H2,1-2H3/t20-/m1/s1. The Hall–Kier alpha value is -2.33. The maximum Gasteiger partial charge on any atom is 0.253 e. The quantitative estimate of drug-likeness (QED) is 0.797. The van der Waals surface area contributed by atoms with Gasteiger partial charge in [0.15, 0.2) is 0 Å². The highest BCUT2D eigenvalue weighted by Gasteiger charge is 2.31. The topological polar surface area (TPSA) is 40.6 Å². The largest absolute Gasteiger partial charge is 0.339 e. The number of hydrogen-bond donors (Lipinski definition) is 0. The molecule has 2 aromatic rings. The molecule has 5 heteroatoms. The van der Waals surface area contributed by atoms with Gasteiger partial charge in [0.05, 0.1) is 5.92 Å². The summed E-state index contributed by atoms with van der Waals surface area (Å²) in [4.78, 5) is 29.5. The van der Waals surface area contributed by atoms with Crippen molar-refractivity contribution in [1.29, 1.82) is 0 Å². The number of carbonyl (C=O) groups is 2. The van der Waals surface area contributed by atoms with Crippen molar-refractivity contribution in [1.82, 2.24) is 9.80 Å². The lowest BCUT2D eigenvalue weighted by Gasteiger charge is -2.37. The molecule has 27 heavy (non-hydrogen) atoms. The van der Waals surface area contributed by atoms with E-state index < -0.39 is 0 Å². The third kappa shape index (κ3) is 4.51. The van der Waals surface area contributed by atoms with E-state index in [-0.39, 0.29) is 23.7 Å². The first-order valence-corrected chi connectivity index (χ1v) is 9.73. The van der Waals surface area contributed by atoms with Crippen LogP contribution in [0.1, 0.15) is 35.7 Å². The predicted octanol–water partition coefficient (Wildman–Crippen LogP) is 4.06. The number of carbonyl (C=O) groups excluding carboxylic acids is 2. The summed E-state index contributed by atoms with van der Waals surface area (Å²) in [6.07, 6.45) is 0. The number of rotatable bonds is 4. The minimum Gasteiger partial charge on any atom is -0.339 e. The van der Waals surface area contributed by atoms with Crippen molar-refractivity contribution in [3.05, 3.63) is 70.7 Å². The van der Waals surface area contributed by atoms with Crippen molar-refractivity contribution < 1.29 is 9.59 Å². The first kappa shape index (κ1) is 19.4. The summed E-state index contributed by atoms with van der Waals surface area (Å²) in [5.41, 5.74) is 1.68. The molecule has 1 heterocycles. The van der Waals surface area contributed by atoms with E-state index in [0.717, 1.165) is 5.56 Å². The molecule has 0 saturated carbocycles. The summed E-state index contributed by atoms with van der Waals surface area (Å²) < 4.78 is 0. The van der Waals surface area contributed by atoms with Crippen molar-refractivity contribution in [3.63, 3.8) is 0 Å². The zero-order valence-electron chi connectivity index (χ0n) is 15.8. The second kappa shape index (κ2) is 8.57. The van der Waals surface area contributed by atoms with Crippen LogP contribution >= 0.6 is 11.6 Å². The molecule has 1 atom stereocenters. The minimum atomic E-state index is -0.196. The van der Waals surface area contributed by atoms with Crippen molar-refractivity contribution >= 4 is 23.4 Å². The molecule has 0 spiro atoms. The molecule has 0 radical (unpaired) electrons. The van der Waals surface area contributed by atoms with Crippen LogP contribution in [0.3, 0.4) is 0 Å². The van der Waals surface area contributed by atoms with Gasteiger partial charge in [0.1, 0.15) is 0 Å². The van der Waals surface area contributed by atoms with Gasteiger partial charge in [0, 0.05) is 36.8 Å². The van der Waals surface area contributed by atoms with Crippen LogP contribution in [0.2, 0.25) is 5.02 Å². The van der Waals surface area contributed by atoms with Crippen LogP contribution in [-0.2, 0) is 4.79 Å². The minimum absolute atomic E-state index is 0.0285. The number of nitrogens with zero attached hydrogens (tertiary/aromatic N) is 2. The Balaban J connectivity index is 1.66. The first-order valence-electron chi connectivity index (χ1n) is 9.36. The molecule has 1 aliphatic heterocycles. The highest BCUT2D eigenvalue weighted by Crippen LogP contribution is 2.28. The molecule has 0 aliphatic carbocycles. The van der Waals surface area contributed by atoms with E-state index in [1.807, 2.05) is 64.4 Å². The molecule has 0 bridgehead atoms. The molecular weight excluding hydrogens is 360 g/mol. The normalized spacial score (nSPS) is 15.7. The average Bonchev–Trinajstić information content (AvgIpc) is 2.69. The number of hydrogen-bond acceptors (Lipinski definition) is 2. The van der Waals surface area contributed by atoms with Crippen LogP contribution in [0.25, 0.3) is 0 Å². The zero-order chi connectivity index (χ0) is 19.4.